The Morgan fingerprint density at radius 1 is 1.60 bits per heavy atom. The second-order valence-corrected chi connectivity index (χ2v) is 3.26. The molecule has 15 heavy (non-hydrogen) atoms. The third-order valence-corrected chi connectivity index (χ3v) is 2.29. The Morgan fingerprint density at radius 3 is 2.67 bits per heavy atom. The van der Waals surface area contributed by atoms with Gasteiger partial charge in [-0.3, -0.25) is 4.79 Å². The van der Waals surface area contributed by atoms with Crippen molar-refractivity contribution in [3.8, 4) is 0 Å². The molecule has 1 aromatic heterocycles. The van der Waals surface area contributed by atoms with Gasteiger partial charge in [-0.1, -0.05) is 6.92 Å². The molecule has 1 aromatic rings. The molecule has 1 heterocycles. The lowest BCUT2D eigenvalue weighted by atomic mass is 10.2. The van der Waals surface area contributed by atoms with Gasteiger partial charge in [-0.25, -0.2) is 4.79 Å². The van der Waals surface area contributed by atoms with Crippen LogP contribution in [0.5, 0.6) is 0 Å². The molecule has 1 unspecified atom stereocenters. The van der Waals surface area contributed by atoms with E-state index >= 15 is 0 Å². The summed E-state index contributed by atoms with van der Waals surface area (Å²) < 4.78 is 0. The maximum Gasteiger partial charge on any atom is 0.326 e. The number of carbonyl (C=O) groups is 2. The minimum atomic E-state index is -0.986. The van der Waals surface area contributed by atoms with Gasteiger partial charge in [-0.05, 0) is 18.6 Å². The molecule has 1 amide bonds. The molecule has 5 heteroatoms. The molecule has 5 nitrogen and oxygen atoms in total. The summed E-state index contributed by atoms with van der Waals surface area (Å²) in [6.07, 6.45) is 2.01. The van der Waals surface area contributed by atoms with Gasteiger partial charge in [0.05, 0.1) is 0 Å². The van der Waals surface area contributed by atoms with Crippen LogP contribution in [0, 0.1) is 0 Å². The molecule has 0 aromatic carbocycles. The number of carboxylic acid groups (broad SMARTS) is 1. The molecule has 0 saturated heterocycles. The number of aliphatic carboxylic acids is 1. The normalized spacial score (nSPS) is 12.1. The van der Waals surface area contributed by atoms with Crippen molar-refractivity contribution in [2.24, 2.45) is 0 Å². The number of carbonyl (C=O) groups excluding carboxylic acids is 1. The predicted molar refractivity (Wildman–Crippen MR) is 54.6 cm³/mol. The van der Waals surface area contributed by atoms with Crippen LogP contribution < -0.4 is 0 Å². The van der Waals surface area contributed by atoms with E-state index in [0.29, 0.717) is 12.1 Å². The number of aromatic amines is 1. The molecule has 0 spiro atoms. The number of aromatic nitrogens is 1. The van der Waals surface area contributed by atoms with Gasteiger partial charge in [0.25, 0.3) is 5.91 Å². The van der Waals surface area contributed by atoms with E-state index in [4.69, 9.17) is 5.11 Å². The average molecular weight is 210 g/mol. The summed E-state index contributed by atoms with van der Waals surface area (Å²) in [5.41, 5.74) is 0.400. The Hall–Kier alpha value is -1.78. The molecular weight excluding hydrogens is 196 g/mol. The molecule has 0 fully saturated rings. The number of likely N-dealkylation sites (N-methyl/N-ethyl adjacent to an activating group) is 1. The van der Waals surface area contributed by atoms with Gasteiger partial charge in [0.2, 0.25) is 0 Å². The van der Waals surface area contributed by atoms with Crippen molar-refractivity contribution in [2.45, 2.75) is 19.4 Å². The first-order chi connectivity index (χ1) is 7.07. The summed E-state index contributed by atoms with van der Waals surface area (Å²) in [5.74, 6) is -1.30. The predicted octanol–water partition coefficient (Wildman–Crippen LogP) is 0.950. The van der Waals surface area contributed by atoms with Crippen LogP contribution >= 0.6 is 0 Å². The molecule has 2 N–H and O–H groups in total. The Labute approximate surface area is 87.7 Å². The van der Waals surface area contributed by atoms with E-state index in [2.05, 4.69) is 4.98 Å². The van der Waals surface area contributed by atoms with E-state index in [1.807, 2.05) is 0 Å². The summed E-state index contributed by atoms with van der Waals surface area (Å²) in [6, 6.07) is 2.54. The third-order valence-electron chi connectivity index (χ3n) is 2.29. The zero-order chi connectivity index (χ0) is 11.4. The summed E-state index contributed by atoms with van der Waals surface area (Å²) in [4.78, 5) is 26.6. The van der Waals surface area contributed by atoms with E-state index in [9.17, 15) is 9.59 Å². The summed E-state index contributed by atoms with van der Waals surface area (Å²) in [6.45, 7) is 1.73. The van der Waals surface area contributed by atoms with Crippen LogP contribution in [0.3, 0.4) is 0 Å². The summed E-state index contributed by atoms with van der Waals surface area (Å²) in [7, 11) is 1.49. The number of nitrogens with one attached hydrogen (secondary N) is 1. The van der Waals surface area contributed by atoms with Gasteiger partial charge < -0.3 is 15.0 Å². The fourth-order valence-corrected chi connectivity index (χ4v) is 1.41. The van der Waals surface area contributed by atoms with Crippen LogP contribution in [0.1, 0.15) is 23.8 Å². The number of hydrogen-bond donors (Lipinski definition) is 2. The molecular formula is C10H14N2O3. The van der Waals surface area contributed by atoms with E-state index in [0.717, 1.165) is 0 Å². The standard InChI is InChI=1S/C10H14N2O3/c1-3-8(10(14)15)12(2)9(13)7-5-4-6-11-7/h4-6,8,11H,3H2,1-2H3,(H,14,15). The van der Waals surface area contributed by atoms with E-state index in [-0.39, 0.29) is 5.91 Å². The first-order valence-electron chi connectivity index (χ1n) is 4.71. The van der Waals surface area contributed by atoms with Crippen LogP contribution in [0.2, 0.25) is 0 Å². The highest BCUT2D eigenvalue weighted by molar-refractivity contribution is 5.94. The summed E-state index contributed by atoms with van der Waals surface area (Å²) in [5, 5.41) is 8.89. The van der Waals surface area contributed by atoms with Crippen molar-refractivity contribution in [1.29, 1.82) is 0 Å². The van der Waals surface area contributed by atoms with Gasteiger partial charge in [0.1, 0.15) is 11.7 Å². The largest absolute Gasteiger partial charge is 0.480 e. The first-order valence-corrected chi connectivity index (χ1v) is 4.71. The molecule has 0 radical (unpaired) electrons. The molecule has 1 rings (SSSR count). The fraction of sp³-hybridized carbons (Fsp3) is 0.400. The van der Waals surface area contributed by atoms with Crippen molar-refractivity contribution >= 4 is 11.9 Å². The van der Waals surface area contributed by atoms with Crippen LogP contribution in [-0.4, -0.2) is 40.0 Å². The maximum absolute atomic E-state index is 11.7. The average Bonchev–Trinajstić information content (AvgIpc) is 2.69. The van der Waals surface area contributed by atoms with Gasteiger partial charge in [-0.15, -0.1) is 0 Å². The maximum atomic E-state index is 11.7. The van der Waals surface area contributed by atoms with Crippen LogP contribution in [-0.2, 0) is 4.79 Å². The highest BCUT2D eigenvalue weighted by atomic mass is 16.4. The zero-order valence-corrected chi connectivity index (χ0v) is 8.73. The van der Waals surface area contributed by atoms with E-state index in [1.165, 1.54) is 11.9 Å². The van der Waals surface area contributed by atoms with Crippen molar-refractivity contribution in [1.82, 2.24) is 9.88 Å². The second kappa shape index (κ2) is 4.63. The van der Waals surface area contributed by atoms with Crippen LogP contribution in [0.25, 0.3) is 0 Å². The van der Waals surface area contributed by atoms with E-state index < -0.39 is 12.0 Å². The molecule has 0 aliphatic rings. The Morgan fingerprint density at radius 2 is 2.27 bits per heavy atom. The quantitative estimate of drug-likeness (QED) is 0.777. The van der Waals surface area contributed by atoms with Crippen molar-refractivity contribution < 1.29 is 14.7 Å². The number of nitrogens with zero attached hydrogens (tertiary/aromatic N) is 1. The zero-order valence-electron chi connectivity index (χ0n) is 8.73. The van der Waals surface area contributed by atoms with Gasteiger partial charge >= 0.3 is 5.97 Å². The number of carboxylic acids is 1. The molecule has 0 bridgehead atoms. The lowest BCUT2D eigenvalue weighted by Crippen LogP contribution is -2.42. The lowest BCUT2D eigenvalue weighted by molar-refractivity contribution is -0.142. The van der Waals surface area contributed by atoms with Gasteiger partial charge in [-0.2, -0.15) is 0 Å². The van der Waals surface area contributed by atoms with E-state index in [1.54, 1.807) is 25.3 Å². The molecule has 0 aliphatic carbocycles. The molecule has 82 valence electrons. The van der Waals surface area contributed by atoms with Gasteiger partial charge in [0, 0.05) is 13.2 Å². The lowest BCUT2D eigenvalue weighted by Gasteiger charge is -2.23. The SMILES string of the molecule is CCC(C(=O)O)N(C)C(=O)c1ccc[nH]1. The minimum Gasteiger partial charge on any atom is -0.480 e. The highest BCUT2D eigenvalue weighted by Gasteiger charge is 2.25. The van der Waals surface area contributed by atoms with Crippen LogP contribution in [0.4, 0.5) is 0 Å². The smallest absolute Gasteiger partial charge is 0.326 e. The number of H-pyrrole nitrogens is 1. The van der Waals surface area contributed by atoms with Crippen LogP contribution in [0.15, 0.2) is 18.3 Å². The molecule has 0 aliphatic heterocycles. The van der Waals surface area contributed by atoms with Gasteiger partial charge in [0.15, 0.2) is 0 Å². The Kier molecular flexibility index (Phi) is 3.49. The topological polar surface area (TPSA) is 73.4 Å². The van der Waals surface area contributed by atoms with Crippen molar-refractivity contribution in [2.75, 3.05) is 7.05 Å². The first kappa shape index (κ1) is 11.3. The van der Waals surface area contributed by atoms with Crippen molar-refractivity contribution in [3.05, 3.63) is 24.0 Å². The Bertz CT molecular complexity index is 346. The molecule has 0 saturated carbocycles. The monoisotopic (exact) mass is 210 g/mol. The number of amides is 1. The Balaban J connectivity index is 2.80. The molecule has 1 atom stereocenters. The second-order valence-electron chi connectivity index (χ2n) is 3.26. The summed E-state index contributed by atoms with van der Waals surface area (Å²) >= 11 is 0. The fourth-order valence-electron chi connectivity index (χ4n) is 1.41. The minimum absolute atomic E-state index is 0.311. The number of rotatable bonds is 4. The number of hydrogen-bond acceptors (Lipinski definition) is 2. The highest BCUT2D eigenvalue weighted by Crippen LogP contribution is 2.07. The third kappa shape index (κ3) is 2.37. The van der Waals surface area contributed by atoms with Crippen molar-refractivity contribution in [3.63, 3.8) is 0 Å².